The van der Waals surface area contributed by atoms with Crippen LogP contribution in [0, 0.1) is 6.92 Å². The first kappa shape index (κ1) is 22.2. The molecular formula is C24H29ClN2O3. The Morgan fingerprint density at radius 1 is 1.17 bits per heavy atom. The number of nitrogens with one attached hydrogen (secondary N) is 2. The van der Waals surface area contributed by atoms with Gasteiger partial charge in [0.2, 0.25) is 5.91 Å². The summed E-state index contributed by atoms with van der Waals surface area (Å²) >= 11 is 6.24. The molecule has 30 heavy (non-hydrogen) atoms. The molecule has 6 heteroatoms. The highest BCUT2D eigenvalue weighted by Gasteiger charge is 2.28. The van der Waals surface area contributed by atoms with Gasteiger partial charge < -0.3 is 15.4 Å². The highest BCUT2D eigenvalue weighted by Crippen LogP contribution is 2.32. The van der Waals surface area contributed by atoms with Gasteiger partial charge in [0.05, 0.1) is 0 Å². The van der Waals surface area contributed by atoms with Crippen molar-refractivity contribution in [2.45, 2.75) is 58.0 Å². The molecule has 0 bridgehead atoms. The van der Waals surface area contributed by atoms with Gasteiger partial charge in [0.15, 0.2) is 6.61 Å². The third-order valence-electron chi connectivity index (χ3n) is 5.13. The van der Waals surface area contributed by atoms with E-state index in [1.807, 2.05) is 63.2 Å². The first-order valence-electron chi connectivity index (χ1n) is 10.4. The minimum Gasteiger partial charge on any atom is -0.483 e. The fourth-order valence-corrected chi connectivity index (χ4v) is 3.39. The van der Waals surface area contributed by atoms with Crippen LogP contribution in [0.5, 0.6) is 5.75 Å². The van der Waals surface area contributed by atoms with Crippen LogP contribution in [0.25, 0.3) is 0 Å². The van der Waals surface area contributed by atoms with E-state index in [1.54, 1.807) is 0 Å². The lowest BCUT2D eigenvalue weighted by molar-refractivity contribution is -0.130. The molecule has 1 fully saturated rings. The standard InChI is InChI=1S/C24H29ClN2O3/c1-15(2)19-13-20(25)16(3)11-22(19)30-14-23(28)27-21(24(29)26-18-9-10-18)12-17-7-5-4-6-8-17/h4-8,11,13,15,18,21H,9-10,12,14H2,1-3H3,(H,26,29)(H,27,28). The molecule has 2 amide bonds. The summed E-state index contributed by atoms with van der Waals surface area (Å²) in [7, 11) is 0. The zero-order chi connectivity index (χ0) is 21.7. The lowest BCUT2D eigenvalue weighted by atomic mass is 10.0. The highest BCUT2D eigenvalue weighted by atomic mass is 35.5. The summed E-state index contributed by atoms with van der Waals surface area (Å²) in [5, 5.41) is 6.50. The molecule has 0 saturated heterocycles. The largest absolute Gasteiger partial charge is 0.483 e. The predicted octanol–water partition coefficient (Wildman–Crippen LogP) is 4.16. The van der Waals surface area contributed by atoms with Gasteiger partial charge >= 0.3 is 0 Å². The Morgan fingerprint density at radius 2 is 1.87 bits per heavy atom. The van der Waals surface area contributed by atoms with Gasteiger partial charge in [-0.2, -0.15) is 0 Å². The van der Waals surface area contributed by atoms with Crippen molar-refractivity contribution in [2.75, 3.05) is 6.61 Å². The van der Waals surface area contributed by atoms with Gasteiger partial charge in [-0.15, -0.1) is 0 Å². The third-order valence-corrected chi connectivity index (χ3v) is 5.54. The number of rotatable bonds is 9. The topological polar surface area (TPSA) is 67.4 Å². The van der Waals surface area contributed by atoms with Crippen molar-refractivity contribution in [3.63, 3.8) is 0 Å². The van der Waals surface area contributed by atoms with Crippen LogP contribution in [-0.4, -0.2) is 30.5 Å². The average molecular weight is 429 g/mol. The highest BCUT2D eigenvalue weighted by molar-refractivity contribution is 6.31. The number of ether oxygens (including phenoxy) is 1. The Hall–Kier alpha value is -2.53. The van der Waals surface area contributed by atoms with E-state index >= 15 is 0 Å². The summed E-state index contributed by atoms with van der Waals surface area (Å²) in [4.78, 5) is 25.3. The average Bonchev–Trinajstić information content (AvgIpc) is 3.52. The maximum Gasteiger partial charge on any atom is 0.258 e. The van der Waals surface area contributed by atoms with E-state index in [2.05, 4.69) is 10.6 Å². The van der Waals surface area contributed by atoms with E-state index in [0.29, 0.717) is 17.2 Å². The normalized spacial score (nSPS) is 14.3. The van der Waals surface area contributed by atoms with Crippen LogP contribution in [0.15, 0.2) is 42.5 Å². The van der Waals surface area contributed by atoms with Gasteiger partial charge in [0, 0.05) is 17.5 Å². The van der Waals surface area contributed by atoms with Crippen molar-refractivity contribution in [2.24, 2.45) is 0 Å². The Bertz CT molecular complexity index is 895. The molecule has 0 aromatic heterocycles. The molecule has 0 heterocycles. The quantitative estimate of drug-likeness (QED) is 0.630. The molecule has 0 radical (unpaired) electrons. The first-order chi connectivity index (χ1) is 14.3. The smallest absolute Gasteiger partial charge is 0.258 e. The predicted molar refractivity (Wildman–Crippen MR) is 119 cm³/mol. The van der Waals surface area contributed by atoms with Gasteiger partial charge in [0.1, 0.15) is 11.8 Å². The number of carbonyl (C=O) groups is 2. The molecule has 1 aliphatic carbocycles. The minimum absolute atomic E-state index is 0.153. The number of amides is 2. The monoisotopic (exact) mass is 428 g/mol. The van der Waals surface area contributed by atoms with Crippen molar-refractivity contribution in [3.05, 3.63) is 64.2 Å². The van der Waals surface area contributed by atoms with Gasteiger partial charge in [0.25, 0.3) is 5.91 Å². The zero-order valence-corrected chi connectivity index (χ0v) is 18.5. The Balaban J connectivity index is 1.65. The van der Waals surface area contributed by atoms with Crippen LogP contribution in [0.3, 0.4) is 0 Å². The van der Waals surface area contributed by atoms with Gasteiger partial charge in [-0.1, -0.05) is 55.8 Å². The number of hydrogen-bond donors (Lipinski definition) is 2. The van der Waals surface area contributed by atoms with Crippen LogP contribution in [0.2, 0.25) is 5.02 Å². The molecule has 2 aromatic carbocycles. The number of hydrogen-bond acceptors (Lipinski definition) is 3. The van der Waals surface area contributed by atoms with E-state index in [4.69, 9.17) is 16.3 Å². The summed E-state index contributed by atoms with van der Waals surface area (Å²) < 4.78 is 5.82. The Labute approximate surface area is 183 Å². The van der Waals surface area contributed by atoms with Crippen LogP contribution >= 0.6 is 11.6 Å². The lowest BCUT2D eigenvalue weighted by Crippen LogP contribution is -2.49. The number of benzene rings is 2. The minimum atomic E-state index is -0.638. The number of carbonyl (C=O) groups excluding carboxylic acids is 2. The lowest BCUT2D eigenvalue weighted by Gasteiger charge is -2.20. The van der Waals surface area contributed by atoms with Crippen LogP contribution in [-0.2, 0) is 16.0 Å². The Kier molecular flexibility index (Phi) is 7.38. The van der Waals surface area contributed by atoms with E-state index < -0.39 is 6.04 Å². The van der Waals surface area contributed by atoms with Gasteiger partial charge in [-0.3, -0.25) is 9.59 Å². The van der Waals surface area contributed by atoms with Crippen LogP contribution in [0.4, 0.5) is 0 Å². The van der Waals surface area contributed by atoms with E-state index in [1.165, 1.54) is 0 Å². The Morgan fingerprint density at radius 3 is 2.50 bits per heavy atom. The second kappa shape index (κ2) is 9.98. The molecular weight excluding hydrogens is 400 g/mol. The van der Waals surface area contributed by atoms with Crippen molar-refractivity contribution in [1.29, 1.82) is 0 Å². The molecule has 5 nitrogen and oxygen atoms in total. The second-order valence-electron chi connectivity index (χ2n) is 8.18. The van der Waals surface area contributed by atoms with Crippen molar-refractivity contribution < 1.29 is 14.3 Å². The summed E-state index contributed by atoms with van der Waals surface area (Å²) in [6.07, 6.45) is 2.42. The summed E-state index contributed by atoms with van der Waals surface area (Å²) in [5.74, 6) is 0.365. The molecule has 2 N–H and O–H groups in total. The molecule has 0 spiro atoms. The molecule has 1 unspecified atom stereocenters. The number of halogens is 1. The van der Waals surface area contributed by atoms with Gasteiger partial charge in [-0.05, 0) is 54.5 Å². The van der Waals surface area contributed by atoms with Gasteiger partial charge in [-0.25, -0.2) is 0 Å². The maximum atomic E-state index is 12.7. The molecule has 1 atom stereocenters. The molecule has 0 aliphatic heterocycles. The van der Waals surface area contributed by atoms with Crippen molar-refractivity contribution in [3.8, 4) is 5.75 Å². The van der Waals surface area contributed by atoms with E-state index in [9.17, 15) is 9.59 Å². The molecule has 1 saturated carbocycles. The molecule has 3 rings (SSSR count). The van der Waals surface area contributed by atoms with E-state index in [-0.39, 0.29) is 30.4 Å². The zero-order valence-electron chi connectivity index (χ0n) is 17.7. The number of aryl methyl sites for hydroxylation is 1. The fourth-order valence-electron chi connectivity index (χ4n) is 3.21. The molecule has 160 valence electrons. The summed E-state index contributed by atoms with van der Waals surface area (Å²) in [5.41, 5.74) is 2.83. The third kappa shape index (κ3) is 6.23. The first-order valence-corrected chi connectivity index (χ1v) is 10.8. The fraction of sp³-hybridized carbons (Fsp3) is 0.417. The summed E-state index contributed by atoms with van der Waals surface area (Å²) in [6.45, 7) is 5.83. The SMILES string of the molecule is Cc1cc(OCC(=O)NC(Cc2ccccc2)C(=O)NC2CC2)c(C(C)C)cc1Cl. The van der Waals surface area contributed by atoms with Crippen molar-refractivity contribution >= 4 is 23.4 Å². The molecule has 2 aromatic rings. The van der Waals surface area contributed by atoms with Crippen molar-refractivity contribution in [1.82, 2.24) is 10.6 Å². The second-order valence-corrected chi connectivity index (χ2v) is 8.58. The van der Waals surface area contributed by atoms with Crippen LogP contribution < -0.4 is 15.4 Å². The molecule has 1 aliphatic rings. The van der Waals surface area contributed by atoms with E-state index in [0.717, 1.165) is 29.5 Å². The summed E-state index contributed by atoms with van der Waals surface area (Å²) in [6, 6.07) is 13.0. The maximum absolute atomic E-state index is 12.7. The van der Waals surface area contributed by atoms with Crippen LogP contribution in [0.1, 0.15) is 49.3 Å².